The standard InChI is InChI=1S/C17H21N7O3S/c1-28(26,27)24-11-5-2-4-10(8-11)20-17-22-15-14(18-9-19-15)16(23-17)21-12-6-3-7-13(12)25/h2,4-5,8-9,12-13,24-25H,3,6-7H2,1H3,(H3,18,19,20,21,22,23)/p+1/t12-,13-/m0/s1. The predicted molar refractivity (Wildman–Crippen MR) is 106 cm³/mol. The van der Waals surface area contributed by atoms with Crippen molar-refractivity contribution in [1.29, 1.82) is 0 Å². The van der Waals surface area contributed by atoms with Gasteiger partial charge in [0.15, 0.2) is 12.1 Å². The van der Waals surface area contributed by atoms with Gasteiger partial charge in [-0.1, -0.05) is 11.1 Å². The minimum absolute atomic E-state index is 0.0588. The first-order valence-corrected chi connectivity index (χ1v) is 10.8. The molecule has 0 radical (unpaired) electrons. The monoisotopic (exact) mass is 404 g/mol. The SMILES string of the molecule is CS(=O)(=O)Nc1cccc(Nc2nc(N[C@H]3CCC[C@@H]3O)c3[nH]c[nH+]c3n2)c1. The number of anilines is 4. The second-order valence-corrected chi connectivity index (χ2v) is 8.63. The Morgan fingerprint density at radius 2 is 2.07 bits per heavy atom. The van der Waals surface area contributed by atoms with Crippen LogP contribution in [0.25, 0.3) is 11.2 Å². The highest BCUT2D eigenvalue weighted by Gasteiger charge is 2.27. The molecular weight excluding hydrogens is 382 g/mol. The van der Waals surface area contributed by atoms with E-state index in [4.69, 9.17) is 0 Å². The summed E-state index contributed by atoms with van der Waals surface area (Å²) in [5.41, 5.74) is 2.40. The van der Waals surface area contributed by atoms with Crippen LogP contribution < -0.4 is 20.3 Å². The molecule has 28 heavy (non-hydrogen) atoms. The van der Waals surface area contributed by atoms with Crippen LogP contribution in [-0.2, 0) is 10.0 Å². The zero-order chi connectivity index (χ0) is 19.7. The number of H-pyrrole nitrogens is 2. The molecule has 0 spiro atoms. The Bertz CT molecular complexity index is 1100. The second kappa shape index (κ2) is 7.24. The van der Waals surface area contributed by atoms with Gasteiger partial charge in [-0.15, -0.1) is 0 Å². The fourth-order valence-corrected chi connectivity index (χ4v) is 3.88. The lowest BCUT2D eigenvalue weighted by atomic mass is 10.2. The van der Waals surface area contributed by atoms with E-state index in [9.17, 15) is 13.5 Å². The van der Waals surface area contributed by atoms with E-state index in [1.807, 2.05) is 0 Å². The number of nitrogens with zero attached hydrogens (tertiary/aromatic N) is 2. The van der Waals surface area contributed by atoms with Crippen molar-refractivity contribution in [2.24, 2.45) is 0 Å². The third-order valence-electron chi connectivity index (χ3n) is 4.56. The molecule has 2 atom stereocenters. The molecule has 2 aromatic heterocycles. The summed E-state index contributed by atoms with van der Waals surface area (Å²) in [6, 6.07) is 6.77. The lowest BCUT2D eigenvalue weighted by molar-refractivity contribution is -0.347. The zero-order valence-electron chi connectivity index (χ0n) is 15.2. The zero-order valence-corrected chi connectivity index (χ0v) is 16.0. The maximum atomic E-state index is 11.4. The molecule has 1 saturated carbocycles. The van der Waals surface area contributed by atoms with Crippen LogP contribution in [0, 0.1) is 0 Å². The number of benzene rings is 1. The highest BCUT2D eigenvalue weighted by atomic mass is 32.2. The van der Waals surface area contributed by atoms with Gasteiger partial charge in [0.25, 0.3) is 0 Å². The van der Waals surface area contributed by atoms with Crippen molar-refractivity contribution in [1.82, 2.24) is 15.0 Å². The van der Waals surface area contributed by atoms with E-state index in [-0.39, 0.29) is 6.04 Å². The normalized spacial score (nSPS) is 19.6. The van der Waals surface area contributed by atoms with Gasteiger partial charge >= 0.3 is 11.6 Å². The number of aromatic nitrogens is 4. The maximum Gasteiger partial charge on any atom is 0.307 e. The molecule has 0 bridgehead atoms. The Morgan fingerprint density at radius 1 is 1.25 bits per heavy atom. The molecule has 6 N–H and O–H groups in total. The maximum absolute atomic E-state index is 11.4. The molecule has 4 rings (SSSR count). The van der Waals surface area contributed by atoms with Crippen LogP contribution >= 0.6 is 0 Å². The van der Waals surface area contributed by atoms with Gasteiger partial charge in [-0.05, 0) is 37.5 Å². The molecule has 148 valence electrons. The lowest BCUT2D eigenvalue weighted by Crippen LogP contribution is -2.28. The first-order valence-electron chi connectivity index (χ1n) is 8.94. The van der Waals surface area contributed by atoms with Crippen molar-refractivity contribution >= 4 is 44.3 Å². The highest BCUT2D eigenvalue weighted by Crippen LogP contribution is 2.26. The first kappa shape index (κ1) is 18.4. The first-order chi connectivity index (χ1) is 13.4. The number of aliphatic hydroxyl groups excluding tert-OH is 1. The largest absolute Gasteiger partial charge is 0.391 e. The fraction of sp³-hybridized carbons (Fsp3) is 0.353. The molecule has 10 nitrogen and oxygen atoms in total. The number of fused-ring (bicyclic) bond motifs is 1. The summed E-state index contributed by atoms with van der Waals surface area (Å²) in [7, 11) is -3.37. The number of aliphatic hydroxyl groups is 1. The van der Waals surface area contributed by atoms with E-state index >= 15 is 0 Å². The fourth-order valence-electron chi connectivity index (χ4n) is 3.33. The van der Waals surface area contributed by atoms with Crippen molar-refractivity contribution in [3.63, 3.8) is 0 Å². The molecular formula is C17H22N7O3S+. The summed E-state index contributed by atoms with van der Waals surface area (Å²) >= 11 is 0. The third kappa shape index (κ3) is 4.15. The van der Waals surface area contributed by atoms with E-state index in [1.165, 1.54) is 0 Å². The van der Waals surface area contributed by atoms with Crippen LogP contribution in [0.5, 0.6) is 0 Å². The van der Waals surface area contributed by atoms with Gasteiger partial charge in [0.05, 0.1) is 24.1 Å². The number of hydrogen-bond acceptors (Lipinski definition) is 7. The summed E-state index contributed by atoms with van der Waals surface area (Å²) in [6.45, 7) is 0. The summed E-state index contributed by atoms with van der Waals surface area (Å²) < 4.78 is 25.3. The van der Waals surface area contributed by atoms with Gasteiger partial charge in [-0.3, -0.25) is 9.71 Å². The molecule has 1 aromatic carbocycles. The van der Waals surface area contributed by atoms with Crippen LogP contribution in [-0.4, -0.2) is 46.9 Å². The molecule has 1 aliphatic carbocycles. The average Bonchev–Trinajstić information content (AvgIpc) is 3.23. The van der Waals surface area contributed by atoms with Crippen LogP contribution in [0.1, 0.15) is 19.3 Å². The van der Waals surface area contributed by atoms with E-state index < -0.39 is 16.1 Å². The molecule has 1 fully saturated rings. The van der Waals surface area contributed by atoms with Gasteiger partial charge < -0.3 is 15.7 Å². The quantitative estimate of drug-likeness (QED) is 0.415. The van der Waals surface area contributed by atoms with Crippen LogP contribution in [0.15, 0.2) is 30.6 Å². The van der Waals surface area contributed by atoms with Gasteiger partial charge in [-0.2, -0.15) is 4.98 Å². The second-order valence-electron chi connectivity index (χ2n) is 6.88. The molecule has 3 aromatic rings. The number of hydrogen-bond donors (Lipinski definition) is 5. The number of sulfonamides is 1. The van der Waals surface area contributed by atoms with E-state index in [0.29, 0.717) is 28.8 Å². The average molecular weight is 404 g/mol. The molecule has 0 aliphatic heterocycles. The molecule has 2 heterocycles. The van der Waals surface area contributed by atoms with Gasteiger partial charge in [0, 0.05) is 5.69 Å². The van der Waals surface area contributed by atoms with E-state index in [0.717, 1.165) is 31.0 Å². The number of aromatic amines is 2. The van der Waals surface area contributed by atoms with Crippen molar-refractivity contribution < 1.29 is 18.5 Å². The van der Waals surface area contributed by atoms with Crippen molar-refractivity contribution in [3.05, 3.63) is 30.6 Å². The van der Waals surface area contributed by atoms with Crippen molar-refractivity contribution in [3.8, 4) is 0 Å². The Kier molecular flexibility index (Phi) is 4.77. The van der Waals surface area contributed by atoms with E-state index in [2.05, 4.69) is 35.3 Å². The number of imidazole rings is 1. The van der Waals surface area contributed by atoms with Crippen molar-refractivity contribution in [2.75, 3.05) is 21.6 Å². The molecule has 0 saturated heterocycles. The smallest absolute Gasteiger partial charge is 0.307 e. The van der Waals surface area contributed by atoms with Gasteiger partial charge in [0.2, 0.25) is 15.5 Å². The van der Waals surface area contributed by atoms with Gasteiger partial charge in [0.1, 0.15) is 0 Å². The van der Waals surface area contributed by atoms with Crippen molar-refractivity contribution in [2.45, 2.75) is 31.4 Å². The highest BCUT2D eigenvalue weighted by molar-refractivity contribution is 7.92. The minimum Gasteiger partial charge on any atom is -0.391 e. The Balaban J connectivity index is 1.61. The Hall–Kier alpha value is -2.92. The summed E-state index contributed by atoms with van der Waals surface area (Å²) in [6.07, 6.45) is 4.97. The Morgan fingerprint density at radius 3 is 2.82 bits per heavy atom. The summed E-state index contributed by atoms with van der Waals surface area (Å²) in [5, 5.41) is 16.5. The Labute approximate surface area is 161 Å². The predicted octanol–water partition coefficient (Wildman–Crippen LogP) is 1.21. The molecule has 1 aliphatic rings. The third-order valence-corrected chi connectivity index (χ3v) is 5.16. The molecule has 11 heteroatoms. The number of nitrogens with one attached hydrogen (secondary N) is 5. The molecule has 0 unspecified atom stereocenters. The molecule has 0 amide bonds. The summed E-state index contributed by atoms with van der Waals surface area (Å²) in [5.74, 6) is 0.931. The van der Waals surface area contributed by atoms with Crippen LogP contribution in [0.4, 0.5) is 23.1 Å². The topological polar surface area (TPSA) is 146 Å². The number of rotatable bonds is 6. The summed E-state index contributed by atoms with van der Waals surface area (Å²) in [4.78, 5) is 15.1. The minimum atomic E-state index is -3.37. The van der Waals surface area contributed by atoms with Gasteiger partial charge in [-0.25, -0.2) is 13.4 Å². The van der Waals surface area contributed by atoms with Crippen LogP contribution in [0.3, 0.4) is 0 Å². The van der Waals surface area contributed by atoms with Crippen LogP contribution in [0.2, 0.25) is 0 Å². The van der Waals surface area contributed by atoms with E-state index in [1.54, 1.807) is 30.6 Å². The lowest BCUT2D eigenvalue weighted by Gasteiger charge is -2.16.